The average molecular weight is 335 g/mol. The molecule has 0 aliphatic carbocycles. The summed E-state index contributed by atoms with van der Waals surface area (Å²) >= 11 is 1.19. The molecule has 1 heterocycles. The van der Waals surface area contributed by atoms with Crippen LogP contribution in [0.2, 0.25) is 0 Å². The quantitative estimate of drug-likeness (QED) is 0.770. The minimum atomic E-state index is -1.12. The van der Waals surface area contributed by atoms with Crippen LogP contribution in [-0.2, 0) is 6.42 Å². The third kappa shape index (κ3) is 3.87. The molecular weight excluding hydrogens is 318 g/mol. The fourth-order valence-corrected chi connectivity index (χ4v) is 3.14. The zero-order valence-electron chi connectivity index (χ0n) is 12.8. The van der Waals surface area contributed by atoms with Crippen LogP contribution >= 0.6 is 11.8 Å². The zero-order chi connectivity index (χ0) is 16.8. The van der Waals surface area contributed by atoms with E-state index < -0.39 is 11.3 Å². The molecule has 0 spiro atoms. The van der Waals surface area contributed by atoms with Crippen molar-refractivity contribution in [3.63, 3.8) is 0 Å². The molecule has 1 aliphatic rings. The molecule has 0 fully saturated rings. The highest BCUT2D eigenvalue weighted by molar-refractivity contribution is 8.00. The molecule has 1 unspecified atom stereocenters. The molecular formula is C15H17N3O4S. The highest BCUT2D eigenvalue weighted by Gasteiger charge is 2.25. The Morgan fingerprint density at radius 2 is 2.17 bits per heavy atom. The van der Waals surface area contributed by atoms with Gasteiger partial charge in [-0.15, -0.1) is 11.8 Å². The van der Waals surface area contributed by atoms with Crippen LogP contribution in [0.5, 0.6) is 11.5 Å². The number of nitrogens with one attached hydrogen (secondary N) is 1. The standard InChI is InChI=1S/C15H17N3O4S/c1-21-11-5-9-3-4-17-14(10(9)6-12(11)22-2)13(7-16)23-8-18-15(19)20/h5-6,13,18H,3-4,8H2,1-2H3,(H,19,20). The molecule has 1 aromatic carbocycles. The van der Waals surface area contributed by atoms with E-state index in [1.165, 1.54) is 11.8 Å². The first-order chi connectivity index (χ1) is 11.1. The van der Waals surface area contributed by atoms with E-state index in [9.17, 15) is 10.1 Å². The lowest BCUT2D eigenvalue weighted by Crippen LogP contribution is -2.27. The van der Waals surface area contributed by atoms with Crippen LogP contribution in [0, 0.1) is 11.3 Å². The van der Waals surface area contributed by atoms with Gasteiger partial charge in [0.25, 0.3) is 0 Å². The maximum atomic E-state index is 10.5. The number of ether oxygens (including phenoxy) is 2. The Morgan fingerprint density at radius 1 is 1.48 bits per heavy atom. The van der Waals surface area contributed by atoms with E-state index in [-0.39, 0.29) is 5.88 Å². The molecule has 0 bridgehead atoms. The molecule has 7 nitrogen and oxygen atoms in total. The van der Waals surface area contributed by atoms with Crippen molar-refractivity contribution in [1.82, 2.24) is 5.32 Å². The number of nitriles is 1. The number of fused-ring (bicyclic) bond motifs is 1. The van der Waals surface area contributed by atoms with Crippen LogP contribution in [0.25, 0.3) is 0 Å². The molecule has 2 N–H and O–H groups in total. The van der Waals surface area contributed by atoms with Gasteiger partial charge in [0.15, 0.2) is 11.5 Å². The summed E-state index contributed by atoms with van der Waals surface area (Å²) in [4.78, 5) is 15.0. The lowest BCUT2D eigenvalue weighted by molar-refractivity contribution is 0.196. The fourth-order valence-electron chi connectivity index (χ4n) is 2.34. The highest BCUT2D eigenvalue weighted by atomic mass is 32.2. The summed E-state index contributed by atoms with van der Waals surface area (Å²) in [6, 6.07) is 5.90. The lowest BCUT2D eigenvalue weighted by Gasteiger charge is -2.22. The zero-order valence-corrected chi connectivity index (χ0v) is 13.6. The van der Waals surface area contributed by atoms with Gasteiger partial charge in [0, 0.05) is 12.1 Å². The topological polar surface area (TPSA) is 104 Å². The molecule has 1 aliphatic heterocycles. The summed E-state index contributed by atoms with van der Waals surface area (Å²) in [7, 11) is 3.13. The summed E-state index contributed by atoms with van der Waals surface area (Å²) in [5.41, 5.74) is 2.54. The number of carbonyl (C=O) groups is 1. The third-order valence-electron chi connectivity index (χ3n) is 3.39. The maximum absolute atomic E-state index is 10.5. The number of amides is 1. The number of hydrogen-bond acceptors (Lipinski definition) is 6. The van der Waals surface area contributed by atoms with Crippen molar-refractivity contribution in [1.29, 1.82) is 5.26 Å². The molecule has 122 valence electrons. The summed E-state index contributed by atoms with van der Waals surface area (Å²) in [6.07, 6.45) is -0.360. The van der Waals surface area contributed by atoms with Gasteiger partial charge in [0.1, 0.15) is 5.25 Å². The second-order valence-electron chi connectivity index (χ2n) is 4.68. The van der Waals surface area contributed by atoms with Crippen molar-refractivity contribution >= 4 is 23.6 Å². The number of thioether (sulfide) groups is 1. The molecule has 8 heteroatoms. The van der Waals surface area contributed by atoms with E-state index in [1.807, 2.05) is 12.1 Å². The number of methoxy groups -OCH3 is 2. The molecule has 1 aromatic rings. The molecule has 0 saturated heterocycles. The summed E-state index contributed by atoms with van der Waals surface area (Å²) in [5.74, 6) is 1.34. The number of rotatable bonds is 6. The maximum Gasteiger partial charge on any atom is 0.405 e. The number of benzene rings is 1. The molecule has 2 rings (SSSR count). The van der Waals surface area contributed by atoms with Gasteiger partial charge in [-0.3, -0.25) is 4.99 Å². The first kappa shape index (κ1) is 17.0. The predicted molar refractivity (Wildman–Crippen MR) is 87.7 cm³/mol. The smallest absolute Gasteiger partial charge is 0.405 e. The van der Waals surface area contributed by atoms with Crippen molar-refractivity contribution in [3.05, 3.63) is 23.3 Å². The highest BCUT2D eigenvalue weighted by Crippen LogP contribution is 2.34. The van der Waals surface area contributed by atoms with Crippen LogP contribution in [0.15, 0.2) is 17.1 Å². The molecule has 23 heavy (non-hydrogen) atoms. The van der Waals surface area contributed by atoms with Gasteiger partial charge in [0.2, 0.25) is 0 Å². The fraction of sp³-hybridized carbons (Fsp3) is 0.400. The second-order valence-corrected chi connectivity index (χ2v) is 5.78. The van der Waals surface area contributed by atoms with Crippen molar-refractivity contribution in [2.24, 2.45) is 4.99 Å². The summed E-state index contributed by atoms with van der Waals surface area (Å²) in [5, 5.41) is 19.7. The Bertz CT molecular complexity index is 669. The summed E-state index contributed by atoms with van der Waals surface area (Å²) < 4.78 is 10.6. The van der Waals surface area contributed by atoms with Gasteiger partial charge in [-0.05, 0) is 24.1 Å². The van der Waals surface area contributed by atoms with Crippen molar-refractivity contribution in [3.8, 4) is 17.6 Å². The van der Waals surface area contributed by atoms with Crippen LogP contribution in [0.4, 0.5) is 4.79 Å². The first-order valence-corrected chi connectivity index (χ1v) is 7.93. The van der Waals surface area contributed by atoms with E-state index in [1.54, 1.807) is 14.2 Å². The minimum Gasteiger partial charge on any atom is -0.493 e. The van der Waals surface area contributed by atoms with Crippen LogP contribution < -0.4 is 14.8 Å². The van der Waals surface area contributed by atoms with Gasteiger partial charge in [0.05, 0.1) is 31.9 Å². The largest absolute Gasteiger partial charge is 0.493 e. The Hall–Kier alpha value is -2.40. The van der Waals surface area contributed by atoms with E-state index in [0.717, 1.165) is 17.5 Å². The van der Waals surface area contributed by atoms with Crippen LogP contribution in [0.3, 0.4) is 0 Å². The van der Waals surface area contributed by atoms with Crippen molar-refractivity contribution in [2.45, 2.75) is 11.7 Å². The molecule has 0 aromatic heterocycles. The third-order valence-corrected chi connectivity index (χ3v) is 4.36. The van der Waals surface area contributed by atoms with Crippen LogP contribution in [0.1, 0.15) is 11.1 Å². The number of carboxylic acid groups (broad SMARTS) is 1. The Labute approximate surface area is 138 Å². The van der Waals surface area contributed by atoms with Gasteiger partial charge >= 0.3 is 6.09 Å². The monoisotopic (exact) mass is 335 g/mol. The number of nitrogens with zero attached hydrogens (tertiary/aromatic N) is 2. The molecule has 0 radical (unpaired) electrons. The first-order valence-electron chi connectivity index (χ1n) is 6.88. The second kappa shape index (κ2) is 7.74. The van der Waals surface area contributed by atoms with E-state index in [4.69, 9.17) is 14.6 Å². The van der Waals surface area contributed by atoms with E-state index in [0.29, 0.717) is 23.8 Å². The van der Waals surface area contributed by atoms with Gasteiger partial charge in [-0.25, -0.2) is 4.79 Å². The van der Waals surface area contributed by atoms with E-state index >= 15 is 0 Å². The Balaban J connectivity index is 2.29. The lowest BCUT2D eigenvalue weighted by atomic mass is 9.95. The molecule has 1 amide bonds. The van der Waals surface area contributed by atoms with Gasteiger partial charge in [-0.1, -0.05) is 0 Å². The van der Waals surface area contributed by atoms with Crippen LogP contribution in [-0.4, -0.2) is 48.8 Å². The van der Waals surface area contributed by atoms with Crippen molar-refractivity contribution < 1.29 is 19.4 Å². The predicted octanol–water partition coefficient (Wildman–Crippen LogP) is 1.90. The van der Waals surface area contributed by atoms with Crippen molar-refractivity contribution in [2.75, 3.05) is 26.6 Å². The number of aliphatic imine (C=N–C) groups is 1. The average Bonchev–Trinajstić information content (AvgIpc) is 2.56. The molecule has 0 saturated carbocycles. The van der Waals surface area contributed by atoms with Gasteiger partial charge < -0.3 is 19.9 Å². The number of hydrogen-bond donors (Lipinski definition) is 2. The van der Waals surface area contributed by atoms with E-state index in [2.05, 4.69) is 16.4 Å². The molecule has 1 atom stereocenters. The Morgan fingerprint density at radius 3 is 2.78 bits per heavy atom. The SMILES string of the molecule is COc1cc2c(cc1OC)C(C(C#N)SCNC(=O)O)=NCC2. The Kier molecular flexibility index (Phi) is 5.71. The minimum absolute atomic E-state index is 0.120. The normalized spacial score (nSPS) is 14.0. The summed E-state index contributed by atoms with van der Waals surface area (Å²) in [6.45, 7) is 0.586. The van der Waals surface area contributed by atoms with Gasteiger partial charge in [-0.2, -0.15) is 5.26 Å².